The van der Waals surface area contributed by atoms with Crippen LogP contribution in [0.2, 0.25) is 0 Å². The van der Waals surface area contributed by atoms with Crippen LogP contribution < -0.4 is 10.6 Å². The highest BCUT2D eigenvalue weighted by atomic mass is 16.2. The van der Waals surface area contributed by atoms with Gasteiger partial charge in [-0.25, -0.2) is 0 Å². The van der Waals surface area contributed by atoms with Crippen LogP contribution in [0.15, 0.2) is 72.8 Å². The van der Waals surface area contributed by atoms with Crippen molar-refractivity contribution in [2.75, 3.05) is 5.32 Å². The zero-order valence-corrected chi connectivity index (χ0v) is 11.5. The average Bonchev–Trinajstić information content (AvgIpc) is 2.53. The summed E-state index contributed by atoms with van der Waals surface area (Å²) in [4.78, 5) is 23.2. The molecule has 2 N–H and O–H groups in total. The molecule has 0 saturated carbocycles. The smallest absolute Gasteiger partial charge is 0.248 e. The van der Waals surface area contributed by atoms with Crippen LogP contribution in [0.3, 0.4) is 0 Å². The van der Waals surface area contributed by atoms with Crippen molar-refractivity contribution in [1.29, 1.82) is 0 Å². The average molecular weight is 280 g/mol. The lowest BCUT2D eigenvalue weighted by atomic mass is 10.2. The van der Waals surface area contributed by atoms with E-state index in [1.54, 1.807) is 12.1 Å². The molecule has 4 heteroatoms. The summed E-state index contributed by atoms with van der Waals surface area (Å²) in [6, 6.07) is 18.6. The first-order chi connectivity index (χ1) is 10.2. The summed E-state index contributed by atoms with van der Waals surface area (Å²) in [6.07, 6.45) is 2.44. The molecule has 0 radical (unpaired) electrons. The Hall–Kier alpha value is -2.88. The minimum atomic E-state index is -0.337. The van der Waals surface area contributed by atoms with Crippen molar-refractivity contribution in [3.05, 3.63) is 78.4 Å². The van der Waals surface area contributed by atoms with E-state index in [2.05, 4.69) is 10.6 Å². The molecule has 0 atom stereocenters. The Labute approximate surface area is 123 Å². The molecule has 0 aromatic heterocycles. The molecule has 0 spiro atoms. The van der Waals surface area contributed by atoms with Gasteiger partial charge in [0.2, 0.25) is 11.8 Å². The first-order valence-corrected chi connectivity index (χ1v) is 6.60. The topological polar surface area (TPSA) is 58.2 Å². The molecule has 0 bridgehead atoms. The lowest BCUT2D eigenvalue weighted by Crippen LogP contribution is -2.21. The van der Waals surface area contributed by atoms with Crippen molar-refractivity contribution in [2.24, 2.45) is 0 Å². The molecule has 0 aliphatic carbocycles. The summed E-state index contributed by atoms with van der Waals surface area (Å²) < 4.78 is 0. The van der Waals surface area contributed by atoms with Crippen molar-refractivity contribution < 1.29 is 9.59 Å². The summed E-state index contributed by atoms with van der Waals surface area (Å²) >= 11 is 0. The Bertz CT molecular complexity index is 622. The fourth-order valence-electron chi connectivity index (χ4n) is 1.70. The summed E-state index contributed by atoms with van der Waals surface area (Å²) in [5.41, 5.74) is 1.70. The molecule has 0 aliphatic heterocycles. The Morgan fingerprint density at radius 1 is 0.810 bits per heavy atom. The van der Waals surface area contributed by atoms with Crippen molar-refractivity contribution in [1.82, 2.24) is 5.32 Å². The molecule has 2 amide bonds. The van der Waals surface area contributed by atoms with E-state index >= 15 is 0 Å². The molecule has 2 aromatic rings. The van der Waals surface area contributed by atoms with Crippen LogP contribution in [-0.2, 0) is 16.1 Å². The Morgan fingerprint density at radius 2 is 1.38 bits per heavy atom. The molecule has 2 rings (SSSR count). The largest absolute Gasteiger partial charge is 0.348 e. The molecule has 21 heavy (non-hydrogen) atoms. The maximum atomic E-state index is 11.6. The lowest BCUT2D eigenvalue weighted by Gasteiger charge is -2.02. The molecule has 4 nitrogen and oxygen atoms in total. The van der Waals surface area contributed by atoms with Crippen LogP contribution in [0.4, 0.5) is 5.69 Å². The number of hydrogen-bond donors (Lipinski definition) is 2. The predicted molar refractivity (Wildman–Crippen MR) is 82.5 cm³/mol. The number of anilines is 1. The number of hydrogen-bond acceptors (Lipinski definition) is 2. The molecule has 0 heterocycles. The van der Waals surface area contributed by atoms with Crippen molar-refractivity contribution >= 4 is 17.5 Å². The van der Waals surface area contributed by atoms with Crippen LogP contribution in [0.1, 0.15) is 5.56 Å². The van der Waals surface area contributed by atoms with Crippen molar-refractivity contribution in [2.45, 2.75) is 6.54 Å². The van der Waals surface area contributed by atoms with Gasteiger partial charge in [-0.3, -0.25) is 9.59 Å². The Balaban J connectivity index is 1.78. The molecule has 0 unspecified atom stereocenters. The van der Waals surface area contributed by atoms with Gasteiger partial charge in [-0.05, 0) is 17.7 Å². The van der Waals surface area contributed by atoms with Crippen molar-refractivity contribution in [3.63, 3.8) is 0 Å². The third kappa shape index (κ3) is 5.32. The standard InChI is InChI=1S/C17H16N2O2/c20-16(18-13-14-7-3-1-4-8-14)11-12-17(21)19-15-9-5-2-6-10-15/h1-12H,13H2,(H,18,20)(H,19,21)/b12-11+. The third-order valence-corrected chi connectivity index (χ3v) is 2.74. The summed E-state index contributed by atoms with van der Waals surface area (Å²) in [5, 5.41) is 5.38. The number of rotatable bonds is 5. The van der Waals surface area contributed by atoms with E-state index in [0.717, 1.165) is 5.56 Å². The van der Waals surface area contributed by atoms with Gasteiger partial charge in [0.25, 0.3) is 0 Å². The summed E-state index contributed by atoms with van der Waals surface area (Å²) in [5.74, 6) is -0.641. The number of carbonyl (C=O) groups is 2. The predicted octanol–water partition coefficient (Wildman–Crippen LogP) is 2.50. The molecule has 106 valence electrons. The third-order valence-electron chi connectivity index (χ3n) is 2.74. The molecular formula is C17H16N2O2. The Morgan fingerprint density at radius 3 is 2.05 bits per heavy atom. The summed E-state index contributed by atoms with van der Waals surface area (Å²) in [7, 11) is 0. The molecular weight excluding hydrogens is 264 g/mol. The van der Waals surface area contributed by atoms with Gasteiger partial charge in [0.05, 0.1) is 0 Å². The van der Waals surface area contributed by atoms with Gasteiger partial charge in [0.1, 0.15) is 0 Å². The van der Waals surface area contributed by atoms with E-state index in [1.807, 2.05) is 48.5 Å². The highest BCUT2D eigenvalue weighted by Crippen LogP contribution is 2.04. The quantitative estimate of drug-likeness (QED) is 0.827. The Kier molecular flexibility index (Phi) is 5.29. The minimum Gasteiger partial charge on any atom is -0.348 e. The molecule has 0 saturated heterocycles. The van der Waals surface area contributed by atoms with Crippen LogP contribution >= 0.6 is 0 Å². The number of benzene rings is 2. The SMILES string of the molecule is O=C(/C=C/C(=O)Nc1ccccc1)NCc1ccccc1. The van der Waals surface area contributed by atoms with Gasteiger partial charge in [-0.2, -0.15) is 0 Å². The van der Waals surface area contributed by atoms with Gasteiger partial charge in [-0.1, -0.05) is 48.5 Å². The van der Waals surface area contributed by atoms with Crippen LogP contribution in [0.5, 0.6) is 0 Å². The molecule has 0 fully saturated rings. The van der Waals surface area contributed by atoms with Crippen LogP contribution in [0.25, 0.3) is 0 Å². The maximum Gasteiger partial charge on any atom is 0.248 e. The monoisotopic (exact) mass is 280 g/mol. The first-order valence-electron chi connectivity index (χ1n) is 6.60. The number of amides is 2. The second-order valence-corrected chi connectivity index (χ2v) is 4.39. The van der Waals surface area contributed by atoms with Gasteiger partial charge in [0, 0.05) is 24.4 Å². The highest BCUT2D eigenvalue weighted by molar-refractivity contribution is 6.03. The van der Waals surface area contributed by atoms with Gasteiger partial charge < -0.3 is 10.6 Å². The number of carbonyl (C=O) groups excluding carboxylic acids is 2. The molecule has 0 aliphatic rings. The second kappa shape index (κ2) is 7.65. The second-order valence-electron chi connectivity index (χ2n) is 4.39. The van der Waals surface area contributed by atoms with Gasteiger partial charge in [-0.15, -0.1) is 0 Å². The van der Waals surface area contributed by atoms with Crippen molar-refractivity contribution in [3.8, 4) is 0 Å². The van der Waals surface area contributed by atoms with E-state index in [1.165, 1.54) is 12.2 Å². The molecule has 2 aromatic carbocycles. The summed E-state index contributed by atoms with van der Waals surface area (Å²) in [6.45, 7) is 0.435. The maximum absolute atomic E-state index is 11.6. The van der Waals surface area contributed by atoms with Crippen LogP contribution in [-0.4, -0.2) is 11.8 Å². The van der Waals surface area contributed by atoms with Crippen LogP contribution in [0, 0.1) is 0 Å². The highest BCUT2D eigenvalue weighted by Gasteiger charge is 1.99. The lowest BCUT2D eigenvalue weighted by molar-refractivity contribution is -0.117. The van der Waals surface area contributed by atoms with E-state index < -0.39 is 0 Å². The fraction of sp³-hybridized carbons (Fsp3) is 0.0588. The van der Waals surface area contributed by atoms with E-state index in [9.17, 15) is 9.59 Å². The van der Waals surface area contributed by atoms with E-state index in [0.29, 0.717) is 12.2 Å². The van der Waals surface area contributed by atoms with E-state index in [4.69, 9.17) is 0 Å². The van der Waals surface area contributed by atoms with E-state index in [-0.39, 0.29) is 11.8 Å². The normalized spacial score (nSPS) is 10.3. The van der Waals surface area contributed by atoms with Gasteiger partial charge in [0.15, 0.2) is 0 Å². The fourth-order valence-corrected chi connectivity index (χ4v) is 1.70. The van der Waals surface area contributed by atoms with Gasteiger partial charge >= 0.3 is 0 Å². The number of nitrogens with one attached hydrogen (secondary N) is 2. The number of para-hydroxylation sites is 1. The minimum absolute atomic E-state index is 0.304. The first kappa shape index (κ1) is 14.5. The zero-order chi connectivity index (χ0) is 14.9. The zero-order valence-electron chi connectivity index (χ0n) is 11.5.